The quantitative estimate of drug-likeness (QED) is 0.783. The highest BCUT2D eigenvalue weighted by Crippen LogP contribution is 2.30. The van der Waals surface area contributed by atoms with E-state index in [1.54, 1.807) is 11.3 Å². The van der Waals surface area contributed by atoms with Crippen molar-refractivity contribution in [2.75, 3.05) is 6.61 Å². The summed E-state index contributed by atoms with van der Waals surface area (Å²) in [6.45, 7) is 2.41. The van der Waals surface area contributed by atoms with Crippen molar-refractivity contribution in [1.82, 2.24) is 5.32 Å². The van der Waals surface area contributed by atoms with E-state index >= 15 is 0 Å². The minimum atomic E-state index is 0.266. The summed E-state index contributed by atoms with van der Waals surface area (Å²) in [5, 5.41) is 14.7. The van der Waals surface area contributed by atoms with Gasteiger partial charge < -0.3 is 10.4 Å². The lowest BCUT2D eigenvalue weighted by Gasteiger charge is -2.17. The number of nitrogens with one attached hydrogen (secondary N) is 1. The van der Waals surface area contributed by atoms with E-state index in [0.29, 0.717) is 12.1 Å². The number of aliphatic hydroxyl groups is 1. The van der Waals surface area contributed by atoms with Crippen molar-refractivity contribution in [2.45, 2.75) is 38.3 Å². The number of thiophene rings is 1. The fraction of sp³-hybridized carbons (Fsp3) is 0.636. The zero-order valence-corrected chi connectivity index (χ0v) is 9.31. The Kier molecular flexibility index (Phi) is 3.21. The van der Waals surface area contributed by atoms with Gasteiger partial charge in [0.1, 0.15) is 0 Å². The average Bonchev–Trinajstić information content (AvgIpc) is 2.87. The zero-order chi connectivity index (χ0) is 9.97. The van der Waals surface area contributed by atoms with Gasteiger partial charge in [0.2, 0.25) is 0 Å². The van der Waals surface area contributed by atoms with Crippen molar-refractivity contribution in [2.24, 2.45) is 0 Å². The van der Waals surface area contributed by atoms with Gasteiger partial charge in [-0.3, -0.25) is 0 Å². The Morgan fingerprint density at radius 3 is 2.93 bits per heavy atom. The maximum absolute atomic E-state index is 9.02. The van der Waals surface area contributed by atoms with Gasteiger partial charge in [-0.1, -0.05) is 0 Å². The van der Waals surface area contributed by atoms with Gasteiger partial charge >= 0.3 is 0 Å². The second-order valence-electron chi connectivity index (χ2n) is 3.97. The summed E-state index contributed by atoms with van der Waals surface area (Å²) < 4.78 is 0. The monoisotopic (exact) mass is 211 g/mol. The minimum absolute atomic E-state index is 0.266. The Bertz CT molecular complexity index is 293. The second kappa shape index (κ2) is 4.43. The lowest BCUT2D eigenvalue weighted by Crippen LogP contribution is -2.24. The van der Waals surface area contributed by atoms with Gasteiger partial charge in [0, 0.05) is 23.6 Å². The van der Waals surface area contributed by atoms with Crippen LogP contribution in [-0.2, 0) is 0 Å². The molecule has 0 aliphatic heterocycles. The predicted molar refractivity (Wildman–Crippen MR) is 59.7 cm³/mol. The molecule has 1 atom stereocenters. The Balaban J connectivity index is 2.04. The highest BCUT2D eigenvalue weighted by molar-refractivity contribution is 7.10. The molecule has 2 N–H and O–H groups in total. The van der Waals surface area contributed by atoms with Crippen molar-refractivity contribution >= 4 is 11.3 Å². The van der Waals surface area contributed by atoms with E-state index in [-0.39, 0.29) is 6.61 Å². The molecule has 1 aromatic rings. The van der Waals surface area contributed by atoms with Gasteiger partial charge in [0.15, 0.2) is 0 Å². The molecule has 0 aromatic carbocycles. The lowest BCUT2D eigenvalue weighted by atomic mass is 10.1. The molecule has 1 aliphatic carbocycles. The van der Waals surface area contributed by atoms with Crippen LogP contribution in [0.5, 0.6) is 0 Å². The van der Waals surface area contributed by atoms with Gasteiger partial charge in [-0.05, 0) is 43.2 Å². The third-order valence-electron chi connectivity index (χ3n) is 2.65. The van der Waals surface area contributed by atoms with Crippen LogP contribution in [0.15, 0.2) is 11.4 Å². The average molecular weight is 211 g/mol. The molecule has 0 spiro atoms. The first-order valence-corrected chi connectivity index (χ1v) is 6.10. The third kappa shape index (κ3) is 2.35. The van der Waals surface area contributed by atoms with Crippen LogP contribution >= 0.6 is 11.3 Å². The first-order chi connectivity index (χ1) is 6.81. The topological polar surface area (TPSA) is 32.3 Å². The number of rotatable bonds is 5. The first-order valence-electron chi connectivity index (χ1n) is 5.22. The molecule has 0 radical (unpaired) electrons. The molecule has 1 aromatic heterocycles. The van der Waals surface area contributed by atoms with E-state index in [9.17, 15) is 0 Å². The van der Waals surface area contributed by atoms with Crippen LogP contribution in [0.4, 0.5) is 0 Å². The second-order valence-corrected chi connectivity index (χ2v) is 4.92. The number of hydrogen-bond acceptors (Lipinski definition) is 3. The molecule has 0 unspecified atom stereocenters. The molecule has 1 saturated carbocycles. The summed E-state index contributed by atoms with van der Waals surface area (Å²) in [7, 11) is 0. The predicted octanol–water partition coefficient (Wildman–Crippen LogP) is 2.23. The smallest absolute Gasteiger partial charge is 0.0449 e. The summed E-state index contributed by atoms with van der Waals surface area (Å²) in [5.41, 5.74) is 1.35. The molecule has 0 saturated heterocycles. The fourth-order valence-corrected chi connectivity index (χ4v) is 2.72. The van der Waals surface area contributed by atoms with Gasteiger partial charge in [0.25, 0.3) is 0 Å². The molecule has 3 heteroatoms. The van der Waals surface area contributed by atoms with Crippen molar-refractivity contribution in [1.29, 1.82) is 0 Å². The minimum Gasteiger partial charge on any atom is -0.396 e. The molecule has 0 amide bonds. The van der Waals surface area contributed by atoms with E-state index in [2.05, 4.69) is 23.7 Å². The van der Waals surface area contributed by atoms with Crippen molar-refractivity contribution in [3.8, 4) is 0 Å². The van der Waals surface area contributed by atoms with Crippen molar-refractivity contribution in [3.63, 3.8) is 0 Å². The maximum Gasteiger partial charge on any atom is 0.0449 e. The van der Waals surface area contributed by atoms with Crippen LogP contribution in [-0.4, -0.2) is 17.8 Å². The Hall–Kier alpha value is -0.380. The van der Waals surface area contributed by atoms with Gasteiger partial charge in [-0.25, -0.2) is 0 Å². The van der Waals surface area contributed by atoms with E-state index in [1.807, 2.05) is 0 Å². The molecule has 14 heavy (non-hydrogen) atoms. The normalized spacial score (nSPS) is 18.4. The van der Waals surface area contributed by atoms with Gasteiger partial charge in [-0.2, -0.15) is 0 Å². The van der Waals surface area contributed by atoms with Gasteiger partial charge in [0.05, 0.1) is 0 Å². The maximum atomic E-state index is 9.02. The summed E-state index contributed by atoms with van der Waals surface area (Å²) in [6.07, 6.45) is 3.43. The number of hydrogen-bond donors (Lipinski definition) is 2. The largest absolute Gasteiger partial charge is 0.396 e. The van der Waals surface area contributed by atoms with Gasteiger partial charge in [-0.15, -0.1) is 11.3 Å². The third-order valence-corrected chi connectivity index (χ3v) is 3.78. The first kappa shape index (κ1) is 10.1. The summed E-state index contributed by atoms with van der Waals surface area (Å²) >= 11 is 1.79. The molecule has 2 nitrogen and oxygen atoms in total. The van der Waals surface area contributed by atoms with E-state index in [0.717, 1.165) is 6.42 Å². The number of aryl methyl sites for hydroxylation is 1. The molecule has 1 aliphatic rings. The Morgan fingerprint density at radius 2 is 2.43 bits per heavy atom. The molecule has 0 bridgehead atoms. The molecular weight excluding hydrogens is 194 g/mol. The van der Waals surface area contributed by atoms with Crippen LogP contribution in [0, 0.1) is 6.92 Å². The van der Waals surface area contributed by atoms with Crippen LogP contribution in [0.1, 0.15) is 35.7 Å². The molecular formula is C11H17NOS. The zero-order valence-electron chi connectivity index (χ0n) is 8.49. The Labute approximate surface area is 89.0 Å². The van der Waals surface area contributed by atoms with Crippen molar-refractivity contribution < 1.29 is 5.11 Å². The summed E-state index contributed by atoms with van der Waals surface area (Å²) in [6, 6.07) is 3.22. The molecule has 78 valence electrons. The fourth-order valence-electron chi connectivity index (χ4n) is 1.70. The summed E-state index contributed by atoms with van der Waals surface area (Å²) in [5.74, 6) is 0. The molecule has 1 fully saturated rings. The van der Waals surface area contributed by atoms with Crippen LogP contribution in [0.25, 0.3) is 0 Å². The Morgan fingerprint density at radius 1 is 1.64 bits per heavy atom. The van der Waals surface area contributed by atoms with Crippen LogP contribution in [0.3, 0.4) is 0 Å². The van der Waals surface area contributed by atoms with Crippen LogP contribution in [0.2, 0.25) is 0 Å². The molecule has 2 rings (SSSR count). The van der Waals surface area contributed by atoms with Crippen LogP contribution < -0.4 is 5.32 Å². The van der Waals surface area contributed by atoms with E-state index < -0.39 is 0 Å². The van der Waals surface area contributed by atoms with Crippen molar-refractivity contribution in [3.05, 3.63) is 21.9 Å². The van der Waals surface area contributed by atoms with E-state index in [4.69, 9.17) is 5.11 Å². The highest BCUT2D eigenvalue weighted by atomic mass is 32.1. The van der Waals surface area contributed by atoms with E-state index in [1.165, 1.54) is 23.3 Å². The standard InChI is InChI=1S/C11H17NOS/c1-8-5-7-14-11(8)10(4-6-13)12-9-2-3-9/h5,7,9-10,12-13H,2-4,6H2,1H3/t10-/m0/s1. The lowest BCUT2D eigenvalue weighted by molar-refractivity contribution is 0.266. The number of aliphatic hydroxyl groups excluding tert-OH is 1. The SMILES string of the molecule is Cc1ccsc1[C@H](CCO)NC1CC1. The molecule has 1 heterocycles. The highest BCUT2D eigenvalue weighted by Gasteiger charge is 2.26. The summed E-state index contributed by atoms with van der Waals surface area (Å²) in [4.78, 5) is 1.39.